The molecule has 6 nitrogen and oxygen atoms in total. The van der Waals surface area contributed by atoms with Crippen molar-refractivity contribution in [3.8, 4) is 0 Å². The van der Waals surface area contributed by atoms with Crippen LogP contribution in [0.2, 0.25) is 0 Å². The van der Waals surface area contributed by atoms with Crippen LogP contribution in [0.1, 0.15) is 46.1 Å². The van der Waals surface area contributed by atoms with E-state index in [-0.39, 0.29) is 35.5 Å². The van der Waals surface area contributed by atoms with E-state index in [2.05, 4.69) is 67.5 Å². The highest BCUT2D eigenvalue weighted by molar-refractivity contribution is 14.0. The van der Waals surface area contributed by atoms with Crippen LogP contribution in [-0.4, -0.2) is 58.1 Å². The number of hydrogen-bond acceptors (Lipinski definition) is 4. The monoisotopic (exact) mass is 544 g/mol. The van der Waals surface area contributed by atoms with E-state index in [9.17, 15) is 0 Å². The molecule has 1 aromatic carbocycles. The Morgan fingerprint density at radius 2 is 1.87 bits per heavy atom. The summed E-state index contributed by atoms with van der Waals surface area (Å²) >= 11 is 0. The Hall–Kier alpha value is -1.06. The molecule has 0 bridgehead atoms. The van der Waals surface area contributed by atoms with E-state index in [1.807, 2.05) is 0 Å². The smallest absolute Gasteiger partial charge is 0.191 e. The normalized spacial score (nSPS) is 22.6. The summed E-state index contributed by atoms with van der Waals surface area (Å²) in [6.07, 6.45) is 2.62. The van der Waals surface area contributed by atoms with Gasteiger partial charge in [0.2, 0.25) is 0 Å². The number of hydrogen-bond donors (Lipinski definition) is 2. The van der Waals surface area contributed by atoms with Crippen LogP contribution in [0.15, 0.2) is 29.3 Å². The van der Waals surface area contributed by atoms with E-state index in [0.29, 0.717) is 12.5 Å². The van der Waals surface area contributed by atoms with Crippen LogP contribution in [0.3, 0.4) is 0 Å². The van der Waals surface area contributed by atoms with Crippen molar-refractivity contribution >= 4 is 35.6 Å². The molecule has 2 atom stereocenters. The van der Waals surface area contributed by atoms with Gasteiger partial charge in [-0.2, -0.15) is 0 Å². The van der Waals surface area contributed by atoms with Gasteiger partial charge in [0.05, 0.1) is 25.9 Å². The molecule has 0 aliphatic carbocycles. The van der Waals surface area contributed by atoms with Crippen LogP contribution in [0, 0.1) is 11.3 Å². The highest BCUT2D eigenvalue weighted by Gasteiger charge is 2.35. The number of guanidine groups is 1. The quantitative estimate of drug-likeness (QED) is 0.322. The lowest BCUT2D eigenvalue weighted by Crippen LogP contribution is -2.47. The molecule has 0 radical (unpaired) electrons. The summed E-state index contributed by atoms with van der Waals surface area (Å²) in [4.78, 5) is 7.31. The highest BCUT2D eigenvalue weighted by atomic mass is 127. The molecule has 0 saturated carbocycles. The van der Waals surface area contributed by atoms with Crippen LogP contribution < -0.4 is 15.5 Å². The van der Waals surface area contributed by atoms with Gasteiger partial charge in [0.25, 0.3) is 0 Å². The number of nitrogens with one attached hydrogen (secondary N) is 2. The number of para-hydroxylation sites is 1. The molecule has 3 rings (SSSR count). The van der Waals surface area contributed by atoms with Crippen molar-refractivity contribution < 1.29 is 9.47 Å². The number of aliphatic imine (C=N–C) groups is 1. The van der Waals surface area contributed by atoms with Crippen LogP contribution in [0.4, 0.5) is 5.69 Å². The lowest BCUT2D eigenvalue weighted by atomic mass is 9.78. The number of rotatable bonds is 6. The molecule has 2 aliphatic heterocycles. The molecule has 2 unspecified atom stereocenters. The van der Waals surface area contributed by atoms with Crippen LogP contribution in [0.5, 0.6) is 0 Å². The van der Waals surface area contributed by atoms with Crippen LogP contribution in [-0.2, 0) is 16.0 Å². The molecule has 31 heavy (non-hydrogen) atoms. The van der Waals surface area contributed by atoms with Crippen molar-refractivity contribution in [3.63, 3.8) is 0 Å². The summed E-state index contributed by atoms with van der Waals surface area (Å²) in [6, 6.07) is 8.59. The average molecular weight is 545 g/mol. The molecule has 1 aromatic rings. The molecule has 0 amide bonds. The number of morpholine rings is 1. The summed E-state index contributed by atoms with van der Waals surface area (Å²) in [5, 5.41) is 7.00. The second kappa shape index (κ2) is 12.8. The first-order valence-corrected chi connectivity index (χ1v) is 11.5. The first-order chi connectivity index (χ1) is 14.5. The molecule has 0 spiro atoms. The van der Waals surface area contributed by atoms with Gasteiger partial charge in [-0.25, -0.2) is 4.99 Å². The Labute approximate surface area is 205 Å². The fraction of sp³-hybridized carbons (Fsp3) is 0.708. The van der Waals surface area contributed by atoms with E-state index in [4.69, 9.17) is 14.5 Å². The number of nitrogens with zero attached hydrogens (tertiary/aromatic N) is 2. The fourth-order valence-corrected chi connectivity index (χ4v) is 4.50. The zero-order valence-electron chi connectivity index (χ0n) is 19.7. The molecule has 2 N–H and O–H groups in total. The first-order valence-electron chi connectivity index (χ1n) is 11.5. The standard InChI is InChI=1S/C24H40N4O2.HI/c1-5-25-23(27-18-20-10-8-14-30-22(20)24(2,3)4)26-17-19-9-6-7-11-21(19)28-12-15-29-16-13-28;/h6-7,9,11,20,22H,5,8,10,12-18H2,1-4H3,(H2,25,26,27);1H. The summed E-state index contributed by atoms with van der Waals surface area (Å²) in [5.74, 6) is 1.38. The zero-order valence-corrected chi connectivity index (χ0v) is 22.0. The second-order valence-corrected chi connectivity index (χ2v) is 9.36. The minimum Gasteiger partial charge on any atom is -0.378 e. The van der Waals surface area contributed by atoms with Gasteiger partial charge < -0.3 is 25.0 Å². The van der Waals surface area contributed by atoms with Gasteiger partial charge in [0.1, 0.15) is 0 Å². The second-order valence-electron chi connectivity index (χ2n) is 9.36. The minimum atomic E-state index is 0. The molecular formula is C24H41IN4O2. The number of anilines is 1. The average Bonchev–Trinajstić information content (AvgIpc) is 2.76. The van der Waals surface area contributed by atoms with Gasteiger partial charge in [-0.1, -0.05) is 39.0 Å². The third kappa shape index (κ3) is 7.79. The van der Waals surface area contributed by atoms with E-state index in [1.165, 1.54) is 17.7 Å². The van der Waals surface area contributed by atoms with Gasteiger partial charge >= 0.3 is 0 Å². The highest BCUT2D eigenvalue weighted by Crippen LogP contribution is 2.33. The lowest BCUT2D eigenvalue weighted by Gasteiger charge is -2.40. The topological polar surface area (TPSA) is 58.1 Å². The van der Waals surface area contributed by atoms with Crippen molar-refractivity contribution in [1.29, 1.82) is 0 Å². The first kappa shape index (κ1) is 26.2. The van der Waals surface area contributed by atoms with Crippen molar-refractivity contribution in [3.05, 3.63) is 29.8 Å². The molecule has 0 aromatic heterocycles. The summed E-state index contributed by atoms with van der Waals surface area (Å²) in [6.45, 7) is 15.7. The molecule has 2 heterocycles. The molecule has 2 fully saturated rings. The molecular weight excluding hydrogens is 503 g/mol. The number of ether oxygens (including phenoxy) is 2. The predicted molar refractivity (Wildman–Crippen MR) is 140 cm³/mol. The zero-order chi connectivity index (χ0) is 21.4. The maximum absolute atomic E-state index is 6.14. The summed E-state index contributed by atoms with van der Waals surface area (Å²) in [7, 11) is 0. The van der Waals surface area contributed by atoms with Gasteiger partial charge in [-0.05, 0) is 36.8 Å². The third-order valence-corrected chi connectivity index (χ3v) is 5.93. The number of halogens is 1. The van der Waals surface area contributed by atoms with Gasteiger partial charge in [-0.15, -0.1) is 24.0 Å². The van der Waals surface area contributed by atoms with Crippen molar-refractivity contribution in [2.45, 2.75) is 53.2 Å². The Bertz CT molecular complexity index is 686. The van der Waals surface area contributed by atoms with E-state index in [0.717, 1.165) is 58.4 Å². The van der Waals surface area contributed by atoms with Crippen LogP contribution >= 0.6 is 24.0 Å². The van der Waals surface area contributed by atoms with E-state index >= 15 is 0 Å². The maximum atomic E-state index is 6.14. The Morgan fingerprint density at radius 3 is 2.58 bits per heavy atom. The van der Waals surface area contributed by atoms with Crippen LogP contribution in [0.25, 0.3) is 0 Å². The van der Waals surface area contributed by atoms with Gasteiger partial charge in [0, 0.05) is 44.4 Å². The Morgan fingerprint density at radius 1 is 1.13 bits per heavy atom. The maximum Gasteiger partial charge on any atom is 0.191 e. The molecule has 2 saturated heterocycles. The Kier molecular flexibility index (Phi) is 10.9. The van der Waals surface area contributed by atoms with Crippen molar-refractivity contribution in [1.82, 2.24) is 10.6 Å². The van der Waals surface area contributed by atoms with Crippen molar-refractivity contribution in [2.75, 3.05) is 50.9 Å². The Balaban J connectivity index is 0.00000341. The van der Waals surface area contributed by atoms with E-state index in [1.54, 1.807) is 0 Å². The third-order valence-electron chi connectivity index (χ3n) is 5.93. The van der Waals surface area contributed by atoms with Gasteiger partial charge in [-0.3, -0.25) is 0 Å². The van der Waals surface area contributed by atoms with E-state index < -0.39 is 0 Å². The molecule has 176 valence electrons. The molecule has 2 aliphatic rings. The van der Waals surface area contributed by atoms with Crippen molar-refractivity contribution in [2.24, 2.45) is 16.3 Å². The lowest BCUT2D eigenvalue weighted by molar-refractivity contribution is -0.0835. The van der Waals surface area contributed by atoms with Gasteiger partial charge in [0.15, 0.2) is 5.96 Å². The largest absolute Gasteiger partial charge is 0.378 e. The fourth-order valence-electron chi connectivity index (χ4n) is 4.50. The number of benzene rings is 1. The predicted octanol–water partition coefficient (Wildman–Crippen LogP) is 4.04. The SMILES string of the molecule is CCNC(=NCc1ccccc1N1CCOCC1)NCC1CCCOC1C(C)(C)C.I. The molecule has 7 heteroatoms. The minimum absolute atomic E-state index is 0. The summed E-state index contributed by atoms with van der Waals surface area (Å²) in [5.41, 5.74) is 2.68. The summed E-state index contributed by atoms with van der Waals surface area (Å²) < 4.78 is 11.7.